The molecular weight excluding hydrogens is 187 g/mol. The van der Waals surface area contributed by atoms with Crippen LogP contribution >= 0.6 is 0 Å². The van der Waals surface area contributed by atoms with Gasteiger partial charge in [0.2, 0.25) is 11.7 Å². The van der Waals surface area contributed by atoms with Gasteiger partial charge in [-0.1, -0.05) is 0 Å². The van der Waals surface area contributed by atoms with Gasteiger partial charge < -0.3 is 5.32 Å². The van der Waals surface area contributed by atoms with Gasteiger partial charge in [-0.2, -0.15) is 23.1 Å². The Balaban J connectivity index is 3.12. The van der Waals surface area contributed by atoms with Gasteiger partial charge in [-0.15, -0.1) is 0 Å². The Bertz CT molecular complexity index is 355. The van der Waals surface area contributed by atoms with Crippen molar-refractivity contribution in [1.29, 1.82) is 0 Å². The topological polar surface area (TPSA) is 54.9 Å². The van der Waals surface area contributed by atoms with E-state index in [9.17, 15) is 18.0 Å². The first-order chi connectivity index (χ1) is 6.00. The third-order valence-electron chi connectivity index (χ3n) is 1.08. The first-order valence-corrected chi connectivity index (χ1v) is 3.17. The summed E-state index contributed by atoms with van der Waals surface area (Å²) in [5, 5.41) is 1.81. The number of amides is 1. The van der Waals surface area contributed by atoms with Crippen molar-refractivity contribution in [1.82, 2.24) is 9.97 Å². The molecule has 70 valence electrons. The van der Waals surface area contributed by atoms with Crippen molar-refractivity contribution in [2.45, 2.75) is 6.92 Å². The number of nitrogens with one attached hydrogen (secondary N) is 1. The Hall–Kier alpha value is -1.66. The summed E-state index contributed by atoms with van der Waals surface area (Å²) in [5.74, 6) is -4.62. The van der Waals surface area contributed by atoms with Gasteiger partial charge in [0.15, 0.2) is 5.82 Å². The van der Waals surface area contributed by atoms with E-state index in [1.165, 1.54) is 0 Å². The fraction of sp³-hybridized carbons (Fsp3) is 0.167. The molecule has 0 aliphatic heterocycles. The maximum atomic E-state index is 12.7. The van der Waals surface area contributed by atoms with E-state index in [1.54, 1.807) is 0 Å². The van der Waals surface area contributed by atoms with Crippen LogP contribution in [0.2, 0.25) is 0 Å². The molecule has 4 nitrogen and oxygen atoms in total. The molecule has 0 aromatic carbocycles. The molecule has 1 heterocycles. The molecule has 0 saturated carbocycles. The third kappa shape index (κ3) is 2.14. The molecule has 0 bridgehead atoms. The van der Waals surface area contributed by atoms with Crippen molar-refractivity contribution in [3.8, 4) is 0 Å². The van der Waals surface area contributed by atoms with Crippen molar-refractivity contribution >= 4 is 11.7 Å². The highest BCUT2D eigenvalue weighted by molar-refractivity contribution is 5.87. The second kappa shape index (κ2) is 3.38. The lowest BCUT2D eigenvalue weighted by molar-refractivity contribution is -0.114. The molecule has 0 unspecified atom stereocenters. The second-order valence-corrected chi connectivity index (χ2v) is 2.13. The summed E-state index contributed by atoms with van der Waals surface area (Å²) in [4.78, 5) is 15.7. The smallest absolute Gasteiger partial charge is 0.308 e. The molecule has 1 amide bonds. The van der Waals surface area contributed by atoms with E-state index >= 15 is 0 Å². The lowest BCUT2D eigenvalue weighted by atomic mass is 10.5. The molecule has 1 N–H and O–H groups in total. The largest absolute Gasteiger partial charge is 0.313 e. The Morgan fingerprint density at radius 3 is 2.46 bits per heavy atom. The average molecular weight is 191 g/mol. The minimum Gasteiger partial charge on any atom is -0.308 e. The van der Waals surface area contributed by atoms with Gasteiger partial charge in [-0.3, -0.25) is 4.79 Å². The van der Waals surface area contributed by atoms with Crippen LogP contribution in [0.1, 0.15) is 6.92 Å². The normalized spacial score (nSPS) is 9.85. The Labute approximate surface area is 70.8 Å². The molecule has 0 fully saturated rings. The molecule has 0 atom stereocenters. The summed E-state index contributed by atoms with van der Waals surface area (Å²) in [6.45, 7) is 1.05. The second-order valence-electron chi connectivity index (χ2n) is 2.13. The zero-order valence-corrected chi connectivity index (χ0v) is 6.44. The van der Waals surface area contributed by atoms with Crippen molar-refractivity contribution in [3.63, 3.8) is 0 Å². The van der Waals surface area contributed by atoms with Crippen molar-refractivity contribution in [2.75, 3.05) is 5.32 Å². The maximum Gasteiger partial charge on any atom is 0.313 e. The van der Waals surface area contributed by atoms with Crippen LogP contribution in [-0.4, -0.2) is 15.9 Å². The summed E-state index contributed by atoms with van der Waals surface area (Å²) in [5.41, 5.74) is 0. The summed E-state index contributed by atoms with van der Waals surface area (Å²) in [6.07, 6.45) is -1.44. The minimum absolute atomic E-state index is 0.684. The van der Waals surface area contributed by atoms with Crippen LogP contribution in [0.4, 0.5) is 19.0 Å². The fourth-order valence-electron chi connectivity index (χ4n) is 0.644. The summed E-state index contributed by atoms with van der Waals surface area (Å²) in [6, 6.07) is 0. The molecule has 0 spiro atoms. The van der Waals surface area contributed by atoms with E-state index in [1.807, 2.05) is 5.32 Å². The average Bonchev–Trinajstić information content (AvgIpc) is 1.98. The van der Waals surface area contributed by atoms with Crippen LogP contribution < -0.4 is 5.32 Å². The minimum atomic E-state index is -1.64. The van der Waals surface area contributed by atoms with E-state index in [2.05, 4.69) is 9.97 Å². The number of anilines is 1. The summed E-state index contributed by atoms with van der Waals surface area (Å²) >= 11 is 0. The van der Waals surface area contributed by atoms with E-state index in [0.29, 0.717) is 0 Å². The standard InChI is InChI=1S/C6H4F3N3O/c1-2(13)10-5-3(7)4(8)11-6(9)12-5/h1H3,(H,10,11,12,13). The van der Waals surface area contributed by atoms with Crippen LogP contribution in [0.3, 0.4) is 0 Å². The number of halogens is 3. The Morgan fingerprint density at radius 1 is 1.31 bits per heavy atom. The van der Waals surface area contributed by atoms with Gasteiger partial charge in [0.1, 0.15) is 0 Å². The SMILES string of the molecule is CC(=O)Nc1nc(F)nc(F)c1F. The van der Waals surface area contributed by atoms with E-state index in [4.69, 9.17) is 0 Å². The van der Waals surface area contributed by atoms with Gasteiger partial charge in [0.05, 0.1) is 0 Å². The Morgan fingerprint density at radius 2 is 1.92 bits per heavy atom. The highest BCUT2D eigenvalue weighted by Crippen LogP contribution is 2.12. The molecule has 0 aliphatic carbocycles. The van der Waals surface area contributed by atoms with Gasteiger partial charge in [-0.25, -0.2) is 0 Å². The van der Waals surface area contributed by atoms with Gasteiger partial charge >= 0.3 is 6.08 Å². The first kappa shape index (κ1) is 9.43. The van der Waals surface area contributed by atoms with Crippen LogP contribution in [0.15, 0.2) is 0 Å². The predicted molar refractivity (Wildman–Crippen MR) is 36.2 cm³/mol. The molecule has 13 heavy (non-hydrogen) atoms. The molecule has 0 radical (unpaired) electrons. The molecule has 0 saturated heterocycles. The number of hydrogen-bond donors (Lipinski definition) is 1. The van der Waals surface area contributed by atoms with Crippen LogP contribution in [0, 0.1) is 17.8 Å². The zero-order valence-electron chi connectivity index (χ0n) is 6.44. The van der Waals surface area contributed by atoms with Gasteiger partial charge in [0, 0.05) is 6.92 Å². The highest BCUT2D eigenvalue weighted by Gasteiger charge is 2.14. The first-order valence-electron chi connectivity index (χ1n) is 3.17. The van der Waals surface area contributed by atoms with Crippen molar-refractivity contribution in [3.05, 3.63) is 17.8 Å². The molecule has 1 aromatic heterocycles. The number of nitrogens with zero attached hydrogens (tertiary/aromatic N) is 2. The van der Waals surface area contributed by atoms with E-state index in [-0.39, 0.29) is 0 Å². The molecule has 0 aliphatic rings. The van der Waals surface area contributed by atoms with Crippen LogP contribution in [-0.2, 0) is 4.79 Å². The predicted octanol–water partition coefficient (Wildman–Crippen LogP) is 0.852. The molecule has 1 rings (SSSR count). The lowest BCUT2D eigenvalue weighted by Gasteiger charge is -2.01. The monoisotopic (exact) mass is 191 g/mol. The molecule has 7 heteroatoms. The zero-order chi connectivity index (χ0) is 10.0. The molecular formula is C6H4F3N3O. The number of aromatic nitrogens is 2. The number of hydrogen-bond acceptors (Lipinski definition) is 3. The molecule has 1 aromatic rings. The third-order valence-corrected chi connectivity index (χ3v) is 1.08. The number of carbonyl (C=O) groups excluding carboxylic acids is 1. The maximum absolute atomic E-state index is 12.7. The number of carbonyl (C=O) groups is 1. The Kier molecular flexibility index (Phi) is 2.45. The fourth-order valence-corrected chi connectivity index (χ4v) is 0.644. The lowest BCUT2D eigenvalue weighted by Crippen LogP contribution is -2.12. The van der Waals surface area contributed by atoms with E-state index in [0.717, 1.165) is 6.92 Å². The van der Waals surface area contributed by atoms with E-state index < -0.39 is 29.6 Å². The highest BCUT2D eigenvalue weighted by atomic mass is 19.2. The van der Waals surface area contributed by atoms with Crippen molar-refractivity contribution < 1.29 is 18.0 Å². The summed E-state index contributed by atoms with van der Waals surface area (Å²) < 4.78 is 37.3. The van der Waals surface area contributed by atoms with Crippen molar-refractivity contribution in [2.24, 2.45) is 0 Å². The van der Waals surface area contributed by atoms with Gasteiger partial charge in [-0.05, 0) is 0 Å². The number of rotatable bonds is 1. The van der Waals surface area contributed by atoms with Crippen LogP contribution in [0.5, 0.6) is 0 Å². The quantitative estimate of drug-likeness (QED) is 0.528. The van der Waals surface area contributed by atoms with Crippen LogP contribution in [0.25, 0.3) is 0 Å². The summed E-state index contributed by atoms with van der Waals surface area (Å²) in [7, 11) is 0. The van der Waals surface area contributed by atoms with Gasteiger partial charge in [0.25, 0.3) is 5.95 Å².